The largest absolute Gasteiger partial charge is 0.495 e. The Morgan fingerprint density at radius 2 is 1.78 bits per heavy atom. The molecule has 0 atom stereocenters. The van der Waals surface area contributed by atoms with Gasteiger partial charge in [-0.25, -0.2) is 22.5 Å². The highest BCUT2D eigenvalue weighted by Gasteiger charge is 2.26. The molecule has 1 heterocycles. The van der Waals surface area contributed by atoms with Crippen molar-refractivity contribution < 1.29 is 22.3 Å². The van der Waals surface area contributed by atoms with Crippen LogP contribution in [0.4, 0.5) is 9.52 Å². The fourth-order valence-corrected chi connectivity index (χ4v) is 5.43. The molecule has 0 aliphatic rings. The van der Waals surface area contributed by atoms with Crippen molar-refractivity contribution in [1.82, 2.24) is 9.71 Å². The van der Waals surface area contributed by atoms with E-state index >= 15 is 0 Å². The topological polar surface area (TPSA) is 97.4 Å². The molecule has 0 aliphatic carbocycles. The number of sulfonamides is 1. The van der Waals surface area contributed by atoms with Crippen molar-refractivity contribution in [2.75, 3.05) is 12.4 Å². The first-order chi connectivity index (χ1) is 14.9. The highest BCUT2D eigenvalue weighted by atomic mass is 32.2. The summed E-state index contributed by atoms with van der Waals surface area (Å²) in [6, 6.07) is 10.1. The van der Waals surface area contributed by atoms with Crippen LogP contribution in [0.2, 0.25) is 0 Å². The number of ether oxygens (including phenoxy) is 1. The monoisotopic (exact) mass is 477 g/mol. The van der Waals surface area contributed by atoms with Crippen LogP contribution in [0.25, 0.3) is 11.3 Å². The maximum atomic E-state index is 13.2. The number of aryl methyl sites for hydroxylation is 1. The highest BCUT2D eigenvalue weighted by molar-refractivity contribution is 7.89. The molecule has 0 spiro atoms. The maximum Gasteiger partial charge on any atom is 0.257 e. The predicted octanol–water partition coefficient (Wildman–Crippen LogP) is 4.60. The van der Waals surface area contributed by atoms with E-state index in [-0.39, 0.29) is 22.0 Å². The number of anilines is 1. The summed E-state index contributed by atoms with van der Waals surface area (Å²) in [6.07, 6.45) is 0. The van der Waals surface area contributed by atoms with Gasteiger partial charge >= 0.3 is 0 Å². The van der Waals surface area contributed by atoms with Crippen molar-refractivity contribution in [3.05, 3.63) is 58.7 Å². The number of carbonyl (C=O) groups excluding carboxylic acids is 1. The van der Waals surface area contributed by atoms with Gasteiger partial charge in [0.25, 0.3) is 5.91 Å². The van der Waals surface area contributed by atoms with Gasteiger partial charge in [0.05, 0.1) is 12.8 Å². The van der Waals surface area contributed by atoms with Gasteiger partial charge in [-0.3, -0.25) is 10.1 Å². The summed E-state index contributed by atoms with van der Waals surface area (Å²) in [5, 5.41) is 3.05. The van der Waals surface area contributed by atoms with Gasteiger partial charge in [-0.1, -0.05) is 0 Å². The van der Waals surface area contributed by atoms with Crippen molar-refractivity contribution in [2.24, 2.45) is 0 Å². The Bertz CT molecular complexity index is 1250. The van der Waals surface area contributed by atoms with Crippen LogP contribution in [0.3, 0.4) is 0 Å². The summed E-state index contributed by atoms with van der Waals surface area (Å²) >= 11 is 1.27. The zero-order valence-corrected chi connectivity index (χ0v) is 19.9. The number of hydrogen-bond acceptors (Lipinski definition) is 6. The van der Waals surface area contributed by atoms with E-state index in [1.807, 2.05) is 6.92 Å². The van der Waals surface area contributed by atoms with Crippen LogP contribution in [0.5, 0.6) is 5.75 Å². The number of carbonyl (C=O) groups is 1. The second kappa shape index (κ2) is 8.97. The van der Waals surface area contributed by atoms with Gasteiger partial charge in [-0.2, -0.15) is 0 Å². The Hall–Kier alpha value is -2.82. The predicted molar refractivity (Wildman–Crippen MR) is 123 cm³/mol. The Balaban J connectivity index is 1.89. The molecule has 0 bridgehead atoms. The molecule has 0 saturated heterocycles. The van der Waals surface area contributed by atoms with Crippen LogP contribution < -0.4 is 14.8 Å². The van der Waals surface area contributed by atoms with Crippen molar-refractivity contribution in [2.45, 2.75) is 38.1 Å². The van der Waals surface area contributed by atoms with Gasteiger partial charge in [-0.15, -0.1) is 11.3 Å². The van der Waals surface area contributed by atoms with E-state index in [9.17, 15) is 17.6 Å². The number of nitrogens with one attached hydrogen (secondary N) is 2. The molecule has 3 aromatic rings. The first kappa shape index (κ1) is 23.8. The van der Waals surface area contributed by atoms with E-state index in [1.54, 1.807) is 32.9 Å². The number of aromatic nitrogens is 1. The van der Waals surface area contributed by atoms with Gasteiger partial charge < -0.3 is 4.74 Å². The molecule has 0 unspecified atom stereocenters. The first-order valence-electron chi connectivity index (χ1n) is 9.66. The van der Waals surface area contributed by atoms with Gasteiger partial charge in [0.1, 0.15) is 16.5 Å². The molecule has 0 saturated carbocycles. The van der Waals surface area contributed by atoms with Gasteiger partial charge in [0, 0.05) is 21.5 Å². The van der Waals surface area contributed by atoms with E-state index in [0.29, 0.717) is 10.8 Å². The molecule has 0 aliphatic heterocycles. The van der Waals surface area contributed by atoms with Crippen molar-refractivity contribution in [1.29, 1.82) is 0 Å². The maximum absolute atomic E-state index is 13.2. The van der Waals surface area contributed by atoms with Gasteiger partial charge in [0.2, 0.25) is 10.0 Å². The van der Waals surface area contributed by atoms with Crippen molar-refractivity contribution >= 4 is 32.4 Å². The highest BCUT2D eigenvalue weighted by Crippen LogP contribution is 2.31. The number of thiazole rings is 1. The summed E-state index contributed by atoms with van der Waals surface area (Å²) in [5.74, 6) is -0.734. The third kappa shape index (κ3) is 5.50. The SMILES string of the molecule is COc1ccc(C(=O)Nc2nc(-c3ccc(F)cc3)c(C)s2)cc1S(=O)(=O)NC(C)(C)C. The molecule has 0 radical (unpaired) electrons. The smallest absolute Gasteiger partial charge is 0.257 e. The fraction of sp³-hybridized carbons (Fsp3) is 0.273. The standard InChI is InChI=1S/C22H24FN3O4S2/c1-13-19(14-6-9-16(23)10-7-14)24-21(31-13)25-20(27)15-8-11-17(30-5)18(12-15)32(28,29)26-22(2,3)4/h6-12,26H,1-5H3,(H,24,25,27). The van der Waals surface area contributed by atoms with E-state index in [1.165, 1.54) is 48.8 Å². The summed E-state index contributed by atoms with van der Waals surface area (Å²) in [4.78, 5) is 18.0. The molecule has 170 valence electrons. The third-order valence-corrected chi connectivity index (χ3v) is 6.96. The summed E-state index contributed by atoms with van der Waals surface area (Å²) in [5.41, 5.74) is 0.790. The minimum absolute atomic E-state index is 0.127. The van der Waals surface area contributed by atoms with Crippen molar-refractivity contribution in [3.8, 4) is 17.0 Å². The summed E-state index contributed by atoms with van der Waals surface area (Å²) < 4.78 is 46.6. The normalized spacial score (nSPS) is 11.9. The van der Waals surface area contributed by atoms with Crippen LogP contribution in [-0.4, -0.2) is 32.0 Å². The molecule has 10 heteroatoms. The fourth-order valence-electron chi connectivity index (χ4n) is 2.98. The number of benzene rings is 2. The Kier molecular flexibility index (Phi) is 6.68. The first-order valence-corrected chi connectivity index (χ1v) is 12.0. The van der Waals surface area contributed by atoms with Crippen LogP contribution in [0, 0.1) is 12.7 Å². The number of rotatable bonds is 6. The van der Waals surface area contributed by atoms with Gasteiger partial charge in [-0.05, 0) is 70.2 Å². The zero-order valence-electron chi connectivity index (χ0n) is 18.3. The molecule has 1 amide bonds. The molecular weight excluding hydrogens is 453 g/mol. The molecule has 7 nitrogen and oxygen atoms in total. The Labute approximate surface area is 190 Å². The molecule has 2 N–H and O–H groups in total. The van der Waals surface area contributed by atoms with Crippen LogP contribution in [0.15, 0.2) is 47.4 Å². The second-order valence-corrected chi connectivity index (χ2v) is 11.0. The number of methoxy groups -OCH3 is 1. The Morgan fingerprint density at radius 3 is 2.38 bits per heavy atom. The van der Waals surface area contributed by atoms with Crippen LogP contribution >= 0.6 is 11.3 Å². The third-order valence-electron chi connectivity index (χ3n) is 4.29. The molecular formula is C22H24FN3O4S2. The lowest BCUT2D eigenvalue weighted by atomic mass is 10.1. The number of amides is 1. The molecule has 32 heavy (non-hydrogen) atoms. The lowest BCUT2D eigenvalue weighted by molar-refractivity contribution is 0.102. The second-order valence-electron chi connectivity index (χ2n) is 8.11. The van der Waals surface area contributed by atoms with E-state index in [4.69, 9.17) is 4.74 Å². The van der Waals surface area contributed by atoms with E-state index < -0.39 is 21.5 Å². The molecule has 0 fully saturated rings. The van der Waals surface area contributed by atoms with Crippen LogP contribution in [-0.2, 0) is 10.0 Å². The van der Waals surface area contributed by atoms with Crippen LogP contribution in [0.1, 0.15) is 36.0 Å². The summed E-state index contributed by atoms with van der Waals surface area (Å²) in [6.45, 7) is 7.01. The zero-order chi connectivity index (χ0) is 23.7. The molecule has 1 aromatic heterocycles. The lowest BCUT2D eigenvalue weighted by Crippen LogP contribution is -2.40. The molecule has 3 rings (SSSR count). The minimum Gasteiger partial charge on any atom is -0.495 e. The number of nitrogens with zero attached hydrogens (tertiary/aromatic N) is 1. The number of hydrogen-bond donors (Lipinski definition) is 2. The lowest BCUT2D eigenvalue weighted by Gasteiger charge is -2.21. The Morgan fingerprint density at radius 1 is 1.12 bits per heavy atom. The van der Waals surface area contributed by atoms with Crippen molar-refractivity contribution in [3.63, 3.8) is 0 Å². The average molecular weight is 478 g/mol. The van der Waals surface area contributed by atoms with E-state index in [0.717, 1.165) is 10.4 Å². The minimum atomic E-state index is -3.93. The van der Waals surface area contributed by atoms with Gasteiger partial charge in [0.15, 0.2) is 5.13 Å². The quantitative estimate of drug-likeness (QED) is 0.541. The average Bonchev–Trinajstić information content (AvgIpc) is 3.06. The number of halogens is 1. The summed E-state index contributed by atoms with van der Waals surface area (Å²) in [7, 11) is -2.57. The molecule has 2 aromatic carbocycles. The van der Waals surface area contributed by atoms with E-state index in [2.05, 4.69) is 15.0 Å².